The maximum absolute atomic E-state index is 4.12. The summed E-state index contributed by atoms with van der Waals surface area (Å²) in [5, 5.41) is 6.67. The summed E-state index contributed by atoms with van der Waals surface area (Å²) in [4.78, 5) is 3.95. The molecule has 78 valence electrons. The molecule has 0 aliphatic heterocycles. The molecule has 3 aromatic rings. The lowest BCUT2D eigenvalue weighted by molar-refractivity contribution is 0.688. The van der Waals surface area contributed by atoms with E-state index in [1.54, 1.807) is 12.7 Å². The van der Waals surface area contributed by atoms with Crippen LogP contribution in [0.1, 0.15) is 5.56 Å². The molecule has 16 heavy (non-hydrogen) atoms. The highest BCUT2D eigenvalue weighted by Crippen LogP contribution is 2.18. The molecule has 0 fully saturated rings. The summed E-state index contributed by atoms with van der Waals surface area (Å²) in [6.07, 6.45) is 3.30. The summed E-state index contributed by atoms with van der Waals surface area (Å²) in [5.74, 6) is 0. The van der Waals surface area contributed by atoms with Crippen LogP contribution in [-0.4, -0.2) is 14.8 Å². The molecular formula is C13H11N3. The van der Waals surface area contributed by atoms with E-state index in [-0.39, 0.29) is 0 Å². The molecule has 3 nitrogen and oxygen atoms in total. The van der Waals surface area contributed by atoms with Gasteiger partial charge in [-0.2, -0.15) is 5.10 Å². The van der Waals surface area contributed by atoms with E-state index >= 15 is 0 Å². The molecule has 0 amide bonds. The molecule has 0 saturated carbocycles. The topological polar surface area (TPSA) is 30.7 Å². The zero-order chi connectivity index (χ0) is 10.8. The first kappa shape index (κ1) is 9.09. The van der Waals surface area contributed by atoms with E-state index in [9.17, 15) is 0 Å². The SMILES string of the molecule is c1ccc2c(Cn3cncn3)cccc2c1. The Morgan fingerprint density at radius 2 is 1.88 bits per heavy atom. The number of hydrogen-bond acceptors (Lipinski definition) is 2. The minimum atomic E-state index is 0.765. The Hall–Kier alpha value is -2.16. The second kappa shape index (κ2) is 3.77. The largest absolute Gasteiger partial charge is 0.249 e. The predicted molar refractivity (Wildman–Crippen MR) is 63.1 cm³/mol. The lowest BCUT2D eigenvalue weighted by Crippen LogP contribution is -2.00. The lowest BCUT2D eigenvalue weighted by atomic mass is 10.0. The van der Waals surface area contributed by atoms with Gasteiger partial charge in [-0.1, -0.05) is 42.5 Å². The van der Waals surface area contributed by atoms with Gasteiger partial charge in [-0.05, 0) is 16.3 Å². The monoisotopic (exact) mass is 209 g/mol. The molecule has 2 aromatic carbocycles. The molecule has 0 aliphatic rings. The van der Waals surface area contributed by atoms with Crippen LogP contribution in [0.4, 0.5) is 0 Å². The van der Waals surface area contributed by atoms with E-state index in [1.165, 1.54) is 16.3 Å². The van der Waals surface area contributed by atoms with Crippen molar-refractivity contribution in [3.63, 3.8) is 0 Å². The van der Waals surface area contributed by atoms with Crippen LogP contribution in [-0.2, 0) is 6.54 Å². The normalized spacial score (nSPS) is 10.8. The summed E-state index contributed by atoms with van der Waals surface area (Å²) in [7, 11) is 0. The molecule has 1 heterocycles. The van der Waals surface area contributed by atoms with Crippen molar-refractivity contribution in [3.8, 4) is 0 Å². The quantitative estimate of drug-likeness (QED) is 0.649. The van der Waals surface area contributed by atoms with Gasteiger partial charge in [-0.3, -0.25) is 0 Å². The Morgan fingerprint density at radius 1 is 1.00 bits per heavy atom. The van der Waals surface area contributed by atoms with E-state index in [4.69, 9.17) is 0 Å². The third-order valence-electron chi connectivity index (χ3n) is 2.68. The van der Waals surface area contributed by atoms with Crippen LogP contribution in [0.15, 0.2) is 55.1 Å². The number of fused-ring (bicyclic) bond motifs is 1. The number of nitrogens with zero attached hydrogens (tertiary/aromatic N) is 3. The maximum atomic E-state index is 4.12. The molecule has 0 saturated heterocycles. The molecule has 0 N–H and O–H groups in total. The highest BCUT2D eigenvalue weighted by atomic mass is 15.3. The van der Waals surface area contributed by atoms with E-state index in [0.29, 0.717) is 0 Å². The van der Waals surface area contributed by atoms with Crippen molar-refractivity contribution >= 4 is 10.8 Å². The van der Waals surface area contributed by atoms with Crippen LogP contribution >= 0.6 is 0 Å². The minimum Gasteiger partial charge on any atom is -0.249 e. The Bertz CT molecular complexity index is 594. The average molecular weight is 209 g/mol. The van der Waals surface area contributed by atoms with Gasteiger partial charge in [0.15, 0.2) is 0 Å². The summed E-state index contributed by atoms with van der Waals surface area (Å²) in [5.41, 5.74) is 1.27. The van der Waals surface area contributed by atoms with Gasteiger partial charge < -0.3 is 0 Å². The van der Waals surface area contributed by atoms with Crippen molar-refractivity contribution in [2.75, 3.05) is 0 Å². The number of hydrogen-bond donors (Lipinski definition) is 0. The molecule has 0 radical (unpaired) electrons. The smallest absolute Gasteiger partial charge is 0.137 e. The first-order chi connectivity index (χ1) is 7.93. The fraction of sp³-hybridized carbons (Fsp3) is 0.0769. The summed E-state index contributed by atoms with van der Waals surface area (Å²) in [6, 6.07) is 14.7. The molecule has 0 aliphatic carbocycles. The third kappa shape index (κ3) is 1.56. The van der Waals surface area contributed by atoms with Gasteiger partial charge >= 0.3 is 0 Å². The van der Waals surface area contributed by atoms with Crippen molar-refractivity contribution in [2.24, 2.45) is 0 Å². The molecule has 3 heteroatoms. The zero-order valence-corrected chi connectivity index (χ0v) is 8.74. The van der Waals surface area contributed by atoms with Crippen LogP contribution in [0.2, 0.25) is 0 Å². The van der Waals surface area contributed by atoms with E-state index in [0.717, 1.165) is 6.54 Å². The molecule has 0 atom stereocenters. The second-order valence-electron chi connectivity index (χ2n) is 3.73. The highest BCUT2D eigenvalue weighted by Gasteiger charge is 2.00. The molecule has 3 rings (SSSR count). The van der Waals surface area contributed by atoms with E-state index in [2.05, 4.69) is 52.5 Å². The summed E-state index contributed by atoms with van der Waals surface area (Å²) >= 11 is 0. The van der Waals surface area contributed by atoms with Gasteiger partial charge in [-0.25, -0.2) is 9.67 Å². The van der Waals surface area contributed by atoms with Crippen LogP contribution in [0.25, 0.3) is 10.8 Å². The van der Waals surface area contributed by atoms with Crippen molar-refractivity contribution in [1.29, 1.82) is 0 Å². The minimum absolute atomic E-state index is 0.765. The third-order valence-corrected chi connectivity index (χ3v) is 2.68. The molecule has 0 spiro atoms. The molecule has 0 bridgehead atoms. The molecule has 1 aromatic heterocycles. The van der Waals surface area contributed by atoms with Crippen molar-refractivity contribution in [1.82, 2.24) is 14.8 Å². The lowest BCUT2D eigenvalue weighted by Gasteiger charge is -2.05. The molecule has 0 unspecified atom stereocenters. The van der Waals surface area contributed by atoms with Crippen LogP contribution in [0.3, 0.4) is 0 Å². The van der Waals surface area contributed by atoms with Gasteiger partial charge in [0.2, 0.25) is 0 Å². The maximum Gasteiger partial charge on any atom is 0.137 e. The van der Waals surface area contributed by atoms with Gasteiger partial charge in [0.05, 0.1) is 6.54 Å². The van der Waals surface area contributed by atoms with Gasteiger partial charge in [0.25, 0.3) is 0 Å². The summed E-state index contributed by atoms with van der Waals surface area (Å²) in [6.45, 7) is 0.765. The first-order valence-corrected chi connectivity index (χ1v) is 5.22. The van der Waals surface area contributed by atoms with Crippen molar-refractivity contribution in [2.45, 2.75) is 6.54 Å². The Balaban J connectivity index is 2.10. The fourth-order valence-electron chi connectivity index (χ4n) is 1.92. The van der Waals surface area contributed by atoms with Gasteiger partial charge in [-0.15, -0.1) is 0 Å². The van der Waals surface area contributed by atoms with Crippen molar-refractivity contribution < 1.29 is 0 Å². The highest BCUT2D eigenvalue weighted by molar-refractivity contribution is 5.85. The van der Waals surface area contributed by atoms with Crippen LogP contribution in [0, 0.1) is 0 Å². The van der Waals surface area contributed by atoms with Crippen molar-refractivity contribution in [3.05, 3.63) is 60.7 Å². The average Bonchev–Trinajstić information content (AvgIpc) is 2.82. The van der Waals surface area contributed by atoms with E-state index < -0.39 is 0 Å². The number of rotatable bonds is 2. The van der Waals surface area contributed by atoms with Crippen LogP contribution < -0.4 is 0 Å². The Morgan fingerprint density at radius 3 is 2.75 bits per heavy atom. The Kier molecular flexibility index (Phi) is 2.14. The number of aromatic nitrogens is 3. The van der Waals surface area contributed by atoms with Crippen LogP contribution in [0.5, 0.6) is 0 Å². The fourth-order valence-corrected chi connectivity index (χ4v) is 1.92. The van der Waals surface area contributed by atoms with E-state index in [1.807, 2.05) is 4.68 Å². The first-order valence-electron chi connectivity index (χ1n) is 5.22. The molecular weight excluding hydrogens is 198 g/mol. The number of benzene rings is 2. The standard InChI is InChI=1S/C13H11N3/c1-2-7-13-11(4-1)5-3-6-12(13)8-16-10-14-9-15-16/h1-7,9-10H,8H2. The van der Waals surface area contributed by atoms with Gasteiger partial charge in [0.1, 0.15) is 12.7 Å². The predicted octanol–water partition coefficient (Wildman–Crippen LogP) is 2.48. The summed E-state index contributed by atoms with van der Waals surface area (Å²) < 4.78 is 1.84. The Labute approximate surface area is 93.4 Å². The zero-order valence-electron chi connectivity index (χ0n) is 8.74. The second-order valence-corrected chi connectivity index (χ2v) is 3.73. The van der Waals surface area contributed by atoms with Gasteiger partial charge in [0, 0.05) is 0 Å².